The summed E-state index contributed by atoms with van der Waals surface area (Å²) in [6.07, 6.45) is 2.68. The SMILES string of the molecule is CCOc1ccc(N=Cc2ccc(OCCc3ccccc3)c(OCC)c2)cc1. The van der Waals surface area contributed by atoms with Gasteiger partial charge in [0, 0.05) is 12.6 Å². The highest BCUT2D eigenvalue weighted by molar-refractivity contribution is 5.83. The third-order valence-electron chi connectivity index (χ3n) is 4.27. The van der Waals surface area contributed by atoms with Crippen LogP contribution in [-0.2, 0) is 6.42 Å². The molecule has 3 rings (SSSR count). The fraction of sp³-hybridized carbons (Fsp3) is 0.240. The van der Waals surface area contributed by atoms with Crippen molar-refractivity contribution in [3.05, 3.63) is 83.9 Å². The molecule has 0 aliphatic carbocycles. The molecule has 0 aliphatic rings. The monoisotopic (exact) mass is 389 g/mol. The number of hydrogen-bond donors (Lipinski definition) is 0. The molecule has 0 N–H and O–H groups in total. The molecule has 0 heterocycles. The molecule has 0 unspecified atom stereocenters. The topological polar surface area (TPSA) is 40.0 Å². The lowest BCUT2D eigenvalue weighted by Crippen LogP contribution is -2.04. The largest absolute Gasteiger partial charge is 0.494 e. The van der Waals surface area contributed by atoms with Crippen LogP contribution in [0.5, 0.6) is 17.2 Å². The Bertz CT molecular complexity index is 905. The first-order chi connectivity index (χ1) is 14.3. The zero-order valence-electron chi connectivity index (χ0n) is 17.0. The molecule has 0 aromatic heterocycles. The normalized spacial score (nSPS) is 10.8. The smallest absolute Gasteiger partial charge is 0.161 e. The van der Waals surface area contributed by atoms with Crippen molar-refractivity contribution in [2.45, 2.75) is 20.3 Å². The molecule has 3 aromatic rings. The molecule has 4 heteroatoms. The number of aliphatic imine (C=N–C) groups is 1. The Morgan fingerprint density at radius 2 is 1.52 bits per heavy atom. The van der Waals surface area contributed by atoms with E-state index >= 15 is 0 Å². The second kappa shape index (κ2) is 10.9. The molecule has 0 bridgehead atoms. The van der Waals surface area contributed by atoms with E-state index in [0.29, 0.717) is 19.8 Å². The van der Waals surface area contributed by atoms with Crippen molar-refractivity contribution in [1.29, 1.82) is 0 Å². The lowest BCUT2D eigenvalue weighted by atomic mass is 10.2. The van der Waals surface area contributed by atoms with Gasteiger partial charge >= 0.3 is 0 Å². The molecule has 0 fully saturated rings. The Labute approximate surface area is 172 Å². The molecule has 150 valence electrons. The van der Waals surface area contributed by atoms with Gasteiger partial charge in [-0.2, -0.15) is 0 Å². The van der Waals surface area contributed by atoms with Crippen LogP contribution in [-0.4, -0.2) is 26.0 Å². The third-order valence-corrected chi connectivity index (χ3v) is 4.27. The van der Waals surface area contributed by atoms with Crippen molar-refractivity contribution >= 4 is 11.9 Å². The Kier molecular flexibility index (Phi) is 7.70. The van der Waals surface area contributed by atoms with Gasteiger partial charge in [-0.25, -0.2) is 0 Å². The molecule has 4 nitrogen and oxygen atoms in total. The van der Waals surface area contributed by atoms with Gasteiger partial charge in [-0.15, -0.1) is 0 Å². The fourth-order valence-electron chi connectivity index (χ4n) is 2.86. The van der Waals surface area contributed by atoms with Crippen LogP contribution in [0.25, 0.3) is 0 Å². The van der Waals surface area contributed by atoms with Gasteiger partial charge < -0.3 is 14.2 Å². The molecule has 0 amide bonds. The fourth-order valence-corrected chi connectivity index (χ4v) is 2.86. The summed E-state index contributed by atoms with van der Waals surface area (Å²) in [7, 11) is 0. The molecule has 3 aromatic carbocycles. The number of nitrogens with zero attached hydrogens (tertiary/aromatic N) is 1. The summed E-state index contributed by atoms with van der Waals surface area (Å²) in [4.78, 5) is 4.53. The number of benzene rings is 3. The van der Waals surface area contributed by atoms with Crippen molar-refractivity contribution in [2.24, 2.45) is 4.99 Å². The summed E-state index contributed by atoms with van der Waals surface area (Å²) in [6, 6.07) is 23.9. The number of hydrogen-bond acceptors (Lipinski definition) is 4. The Hall–Kier alpha value is -3.27. The summed E-state index contributed by atoms with van der Waals surface area (Å²) in [5.41, 5.74) is 3.08. The minimum Gasteiger partial charge on any atom is -0.494 e. The van der Waals surface area contributed by atoms with Crippen molar-refractivity contribution < 1.29 is 14.2 Å². The average molecular weight is 389 g/mol. The predicted molar refractivity (Wildman–Crippen MR) is 118 cm³/mol. The van der Waals surface area contributed by atoms with Gasteiger partial charge in [0.25, 0.3) is 0 Å². The van der Waals surface area contributed by atoms with Crippen LogP contribution < -0.4 is 14.2 Å². The third kappa shape index (κ3) is 6.39. The van der Waals surface area contributed by atoms with E-state index in [1.165, 1.54) is 5.56 Å². The second-order valence-electron chi connectivity index (χ2n) is 6.41. The molecule has 0 radical (unpaired) electrons. The van der Waals surface area contributed by atoms with Crippen LogP contribution >= 0.6 is 0 Å². The number of rotatable bonds is 10. The van der Waals surface area contributed by atoms with E-state index < -0.39 is 0 Å². The predicted octanol–water partition coefficient (Wildman–Crippen LogP) is 5.86. The lowest BCUT2D eigenvalue weighted by molar-refractivity contribution is 0.279. The van der Waals surface area contributed by atoms with Gasteiger partial charge in [-0.1, -0.05) is 30.3 Å². The molecule has 0 saturated carbocycles. The average Bonchev–Trinajstić information content (AvgIpc) is 2.76. The van der Waals surface area contributed by atoms with Crippen molar-refractivity contribution in [3.63, 3.8) is 0 Å². The Morgan fingerprint density at radius 1 is 0.759 bits per heavy atom. The van der Waals surface area contributed by atoms with E-state index in [9.17, 15) is 0 Å². The van der Waals surface area contributed by atoms with Crippen LogP contribution in [0.4, 0.5) is 5.69 Å². The highest BCUT2D eigenvalue weighted by atomic mass is 16.5. The maximum absolute atomic E-state index is 5.96. The van der Waals surface area contributed by atoms with E-state index in [0.717, 1.165) is 34.9 Å². The van der Waals surface area contributed by atoms with Crippen molar-refractivity contribution in [2.75, 3.05) is 19.8 Å². The van der Waals surface area contributed by atoms with Gasteiger partial charge in [0.05, 0.1) is 25.5 Å². The Morgan fingerprint density at radius 3 is 2.24 bits per heavy atom. The summed E-state index contributed by atoms with van der Waals surface area (Å²) in [6.45, 7) is 5.77. The lowest BCUT2D eigenvalue weighted by Gasteiger charge is -2.12. The van der Waals surface area contributed by atoms with Crippen LogP contribution in [0.15, 0.2) is 77.8 Å². The summed E-state index contributed by atoms with van der Waals surface area (Å²) in [5.74, 6) is 2.33. The van der Waals surface area contributed by atoms with Crippen LogP contribution in [0.3, 0.4) is 0 Å². The van der Waals surface area contributed by atoms with E-state index in [-0.39, 0.29) is 0 Å². The first kappa shape index (κ1) is 20.5. The van der Waals surface area contributed by atoms with E-state index in [2.05, 4.69) is 17.1 Å². The van der Waals surface area contributed by atoms with Gasteiger partial charge in [-0.3, -0.25) is 4.99 Å². The minimum atomic E-state index is 0.578. The van der Waals surface area contributed by atoms with E-state index in [1.807, 2.05) is 80.7 Å². The van der Waals surface area contributed by atoms with Gasteiger partial charge in [-0.05, 0) is 67.4 Å². The molecule has 0 aliphatic heterocycles. The Balaban J connectivity index is 1.64. The van der Waals surface area contributed by atoms with Gasteiger partial charge in [0.1, 0.15) is 5.75 Å². The van der Waals surface area contributed by atoms with Gasteiger partial charge in [0.15, 0.2) is 11.5 Å². The van der Waals surface area contributed by atoms with Crippen molar-refractivity contribution in [1.82, 2.24) is 0 Å². The highest BCUT2D eigenvalue weighted by Gasteiger charge is 2.06. The molecule has 0 spiro atoms. The summed E-state index contributed by atoms with van der Waals surface area (Å²) >= 11 is 0. The molecular formula is C25H27NO3. The van der Waals surface area contributed by atoms with Crippen LogP contribution in [0, 0.1) is 0 Å². The maximum Gasteiger partial charge on any atom is 0.161 e. The van der Waals surface area contributed by atoms with Crippen LogP contribution in [0.2, 0.25) is 0 Å². The van der Waals surface area contributed by atoms with E-state index in [1.54, 1.807) is 0 Å². The first-order valence-electron chi connectivity index (χ1n) is 9.99. The summed E-state index contributed by atoms with van der Waals surface area (Å²) < 4.78 is 17.2. The zero-order valence-corrected chi connectivity index (χ0v) is 17.0. The minimum absolute atomic E-state index is 0.578. The first-order valence-corrected chi connectivity index (χ1v) is 9.99. The van der Waals surface area contributed by atoms with E-state index in [4.69, 9.17) is 14.2 Å². The number of ether oxygens (including phenoxy) is 3. The standard InChI is InChI=1S/C25H27NO3/c1-3-27-23-13-11-22(12-14-23)26-19-21-10-15-24(25(18-21)28-4-2)29-17-16-20-8-6-5-7-9-20/h5-15,18-19H,3-4,16-17H2,1-2H3. The molecule has 0 saturated heterocycles. The summed E-state index contributed by atoms with van der Waals surface area (Å²) in [5, 5.41) is 0. The highest BCUT2D eigenvalue weighted by Crippen LogP contribution is 2.28. The molecule has 29 heavy (non-hydrogen) atoms. The molecular weight excluding hydrogens is 362 g/mol. The molecule has 0 atom stereocenters. The van der Waals surface area contributed by atoms with Crippen molar-refractivity contribution in [3.8, 4) is 17.2 Å². The second-order valence-corrected chi connectivity index (χ2v) is 6.41. The quantitative estimate of drug-likeness (QED) is 0.408. The van der Waals surface area contributed by atoms with Gasteiger partial charge in [0.2, 0.25) is 0 Å². The zero-order chi connectivity index (χ0) is 20.3. The maximum atomic E-state index is 5.96. The van der Waals surface area contributed by atoms with Crippen LogP contribution in [0.1, 0.15) is 25.0 Å².